The fraction of sp³-hybridized carbons (Fsp3) is 0.0909. The molecule has 0 bridgehead atoms. The Hall–Kier alpha value is -3.45. The normalized spacial score (nSPS) is 10.6. The minimum absolute atomic E-state index is 0.0260. The van der Waals surface area contributed by atoms with Gasteiger partial charge in [-0.05, 0) is 36.4 Å². The van der Waals surface area contributed by atoms with Crippen LogP contribution in [-0.4, -0.2) is 31.4 Å². The number of para-hydroxylation sites is 2. The van der Waals surface area contributed by atoms with Crippen LogP contribution in [0.25, 0.3) is 17.1 Å². The summed E-state index contributed by atoms with van der Waals surface area (Å²) < 4.78 is 2.00. The van der Waals surface area contributed by atoms with E-state index in [1.807, 2.05) is 77.4 Å². The molecule has 29 heavy (non-hydrogen) atoms. The second-order valence-electron chi connectivity index (χ2n) is 6.23. The molecule has 144 valence electrons. The lowest BCUT2D eigenvalue weighted by Gasteiger charge is -2.10. The van der Waals surface area contributed by atoms with Crippen molar-refractivity contribution in [1.82, 2.24) is 19.7 Å². The minimum Gasteiger partial charge on any atom is -0.326 e. The second-order valence-corrected chi connectivity index (χ2v) is 7.29. The predicted octanol–water partition coefficient (Wildman–Crippen LogP) is 4.45. The van der Waals surface area contributed by atoms with Crippen LogP contribution in [-0.2, 0) is 4.79 Å². The molecule has 0 aliphatic rings. The predicted molar refractivity (Wildman–Crippen MR) is 115 cm³/mol. The van der Waals surface area contributed by atoms with Crippen molar-refractivity contribution in [3.8, 4) is 17.1 Å². The monoisotopic (exact) mass is 401 g/mol. The molecule has 1 amide bonds. The Morgan fingerprint density at radius 1 is 0.931 bits per heavy atom. The van der Waals surface area contributed by atoms with Gasteiger partial charge in [-0.3, -0.25) is 14.3 Å². The Morgan fingerprint density at radius 3 is 2.41 bits per heavy atom. The highest BCUT2D eigenvalue weighted by Crippen LogP contribution is 2.27. The van der Waals surface area contributed by atoms with Crippen molar-refractivity contribution < 1.29 is 4.79 Å². The zero-order chi connectivity index (χ0) is 19.9. The average Bonchev–Trinajstić information content (AvgIpc) is 3.19. The van der Waals surface area contributed by atoms with Gasteiger partial charge in [0.15, 0.2) is 11.0 Å². The summed E-state index contributed by atoms with van der Waals surface area (Å²) in [6.07, 6.45) is 3.88. The molecule has 0 saturated heterocycles. The Balaban J connectivity index is 1.50. The lowest BCUT2D eigenvalue weighted by Crippen LogP contribution is -2.12. The number of carbonyl (C=O) groups is 1. The van der Waals surface area contributed by atoms with Crippen molar-refractivity contribution in [2.75, 3.05) is 11.1 Å². The van der Waals surface area contributed by atoms with E-state index in [0.29, 0.717) is 12.2 Å². The second kappa shape index (κ2) is 9.16. The number of thioether (sulfide) groups is 1. The maximum absolute atomic E-state index is 12.2. The van der Waals surface area contributed by atoms with E-state index in [-0.39, 0.29) is 5.91 Å². The summed E-state index contributed by atoms with van der Waals surface area (Å²) in [6, 6.07) is 23.2. The first kappa shape index (κ1) is 18.9. The molecule has 0 atom stereocenters. The topological polar surface area (TPSA) is 72.7 Å². The van der Waals surface area contributed by atoms with Gasteiger partial charge in [0, 0.05) is 41.5 Å². The van der Waals surface area contributed by atoms with E-state index in [9.17, 15) is 4.79 Å². The maximum atomic E-state index is 12.2. The van der Waals surface area contributed by atoms with Crippen molar-refractivity contribution in [3.63, 3.8) is 0 Å². The molecule has 0 radical (unpaired) electrons. The van der Waals surface area contributed by atoms with Crippen LogP contribution in [0.2, 0.25) is 0 Å². The van der Waals surface area contributed by atoms with Crippen LogP contribution in [0.4, 0.5) is 5.69 Å². The summed E-state index contributed by atoms with van der Waals surface area (Å²) >= 11 is 1.50. The number of rotatable bonds is 7. The third-order valence-electron chi connectivity index (χ3n) is 4.19. The van der Waals surface area contributed by atoms with Crippen molar-refractivity contribution >= 4 is 23.4 Å². The number of nitrogens with zero attached hydrogens (tertiary/aromatic N) is 4. The number of nitrogens with one attached hydrogen (secondary N) is 1. The summed E-state index contributed by atoms with van der Waals surface area (Å²) in [5.74, 6) is 1.29. The fourth-order valence-electron chi connectivity index (χ4n) is 2.84. The van der Waals surface area contributed by atoms with Crippen LogP contribution in [0.1, 0.15) is 6.42 Å². The minimum atomic E-state index is -0.0260. The third-order valence-corrected chi connectivity index (χ3v) is 5.12. The van der Waals surface area contributed by atoms with E-state index in [0.717, 1.165) is 27.9 Å². The van der Waals surface area contributed by atoms with Gasteiger partial charge >= 0.3 is 0 Å². The van der Waals surface area contributed by atoms with E-state index >= 15 is 0 Å². The highest BCUT2D eigenvalue weighted by atomic mass is 32.2. The molecular formula is C22H19N5OS. The zero-order valence-electron chi connectivity index (χ0n) is 15.6. The van der Waals surface area contributed by atoms with Crippen molar-refractivity contribution in [1.29, 1.82) is 0 Å². The van der Waals surface area contributed by atoms with Crippen molar-refractivity contribution in [3.05, 3.63) is 85.2 Å². The smallest absolute Gasteiger partial charge is 0.225 e. The van der Waals surface area contributed by atoms with Crippen LogP contribution in [0, 0.1) is 0 Å². The van der Waals surface area contributed by atoms with Gasteiger partial charge in [-0.1, -0.05) is 48.2 Å². The maximum Gasteiger partial charge on any atom is 0.225 e. The molecule has 2 aromatic carbocycles. The van der Waals surface area contributed by atoms with Crippen LogP contribution in [0.3, 0.4) is 0 Å². The third kappa shape index (κ3) is 4.70. The van der Waals surface area contributed by atoms with Gasteiger partial charge in [-0.15, -0.1) is 10.2 Å². The number of hydrogen-bond donors (Lipinski definition) is 1. The highest BCUT2D eigenvalue weighted by Gasteiger charge is 2.16. The van der Waals surface area contributed by atoms with Crippen molar-refractivity contribution in [2.24, 2.45) is 0 Å². The number of pyridine rings is 1. The SMILES string of the molecule is O=C(CCSc1nnc(-c2cccnc2)n1-c1ccccc1)Nc1ccccc1. The van der Waals surface area contributed by atoms with Gasteiger partial charge in [-0.2, -0.15) is 0 Å². The van der Waals surface area contributed by atoms with Crippen LogP contribution >= 0.6 is 11.8 Å². The number of carbonyl (C=O) groups excluding carboxylic acids is 1. The molecule has 4 aromatic rings. The van der Waals surface area contributed by atoms with Gasteiger partial charge in [0.25, 0.3) is 0 Å². The molecule has 0 aliphatic heterocycles. The molecule has 1 N–H and O–H groups in total. The molecule has 6 nitrogen and oxygen atoms in total. The highest BCUT2D eigenvalue weighted by molar-refractivity contribution is 7.99. The Kier molecular flexibility index (Phi) is 5.97. The first-order chi connectivity index (χ1) is 14.3. The molecule has 0 fully saturated rings. The largest absolute Gasteiger partial charge is 0.326 e. The Morgan fingerprint density at radius 2 is 1.69 bits per heavy atom. The summed E-state index contributed by atoms with van der Waals surface area (Å²) in [5, 5.41) is 12.4. The summed E-state index contributed by atoms with van der Waals surface area (Å²) in [4.78, 5) is 16.4. The number of aromatic nitrogens is 4. The lowest BCUT2D eigenvalue weighted by molar-refractivity contribution is -0.115. The quantitative estimate of drug-likeness (QED) is 0.463. The van der Waals surface area contributed by atoms with Gasteiger partial charge in [0.2, 0.25) is 5.91 Å². The van der Waals surface area contributed by atoms with Crippen LogP contribution in [0.5, 0.6) is 0 Å². The first-order valence-corrected chi connectivity index (χ1v) is 10.2. The number of hydrogen-bond acceptors (Lipinski definition) is 5. The van der Waals surface area contributed by atoms with E-state index in [1.165, 1.54) is 11.8 Å². The van der Waals surface area contributed by atoms with Crippen LogP contribution < -0.4 is 5.32 Å². The summed E-state index contributed by atoms with van der Waals surface area (Å²) in [6.45, 7) is 0. The lowest BCUT2D eigenvalue weighted by atomic mass is 10.2. The Labute approximate surface area is 173 Å². The molecule has 0 unspecified atom stereocenters. The van der Waals surface area contributed by atoms with E-state index in [2.05, 4.69) is 20.5 Å². The molecule has 2 aromatic heterocycles. The number of amides is 1. The molecule has 4 rings (SSSR count). The van der Waals surface area contributed by atoms with Gasteiger partial charge in [0.05, 0.1) is 0 Å². The molecule has 2 heterocycles. The average molecular weight is 401 g/mol. The van der Waals surface area contributed by atoms with Gasteiger partial charge in [0.1, 0.15) is 0 Å². The molecular weight excluding hydrogens is 382 g/mol. The first-order valence-electron chi connectivity index (χ1n) is 9.20. The molecule has 7 heteroatoms. The van der Waals surface area contributed by atoms with Gasteiger partial charge < -0.3 is 5.32 Å². The number of anilines is 1. The zero-order valence-corrected chi connectivity index (χ0v) is 16.4. The van der Waals surface area contributed by atoms with E-state index in [1.54, 1.807) is 12.4 Å². The summed E-state index contributed by atoms with van der Waals surface area (Å²) in [7, 11) is 0. The number of benzene rings is 2. The molecule has 0 saturated carbocycles. The summed E-state index contributed by atoms with van der Waals surface area (Å²) in [5.41, 5.74) is 2.65. The Bertz CT molecular complexity index is 1070. The fourth-order valence-corrected chi connectivity index (χ4v) is 3.72. The standard InChI is InChI=1S/C22H19N5OS/c28-20(24-18-9-3-1-4-10-18)13-15-29-22-26-25-21(17-8-7-14-23-16-17)27(22)19-11-5-2-6-12-19/h1-12,14,16H,13,15H2,(H,24,28). The van der Waals surface area contributed by atoms with Gasteiger partial charge in [-0.25, -0.2) is 0 Å². The molecule has 0 aliphatic carbocycles. The van der Waals surface area contributed by atoms with E-state index < -0.39 is 0 Å². The van der Waals surface area contributed by atoms with E-state index in [4.69, 9.17) is 0 Å². The van der Waals surface area contributed by atoms with Crippen molar-refractivity contribution in [2.45, 2.75) is 11.6 Å². The molecule has 0 spiro atoms. The van der Waals surface area contributed by atoms with Crippen LogP contribution in [0.15, 0.2) is 90.3 Å².